The predicted molar refractivity (Wildman–Crippen MR) is 83.9 cm³/mol. The van der Waals surface area contributed by atoms with E-state index in [1.165, 1.54) is 11.1 Å². The van der Waals surface area contributed by atoms with E-state index in [1.807, 2.05) is 12.1 Å². The summed E-state index contributed by atoms with van der Waals surface area (Å²) in [4.78, 5) is 2.74. The number of aryl methyl sites for hydroxylation is 2. The average Bonchev–Trinajstić information content (AvgIpc) is 3.05. The minimum Gasteiger partial charge on any atom is -0.299 e. The average molecular weight is 308 g/mol. The molecule has 21 heavy (non-hydrogen) atoms. The maximum atomic E-state index is 12.5. The first-order valence-corrected chi connectivity index (χ1v) is 9.32. The Balaban J connectivity index is 1.73. The number of nitrogens with one attached hydrogen (secondary N) is 1. The highest BCUT2D eigenvalue weighted by atomic mass is 32.2. The van der Waals surface area contributed by atoms with Gasteiger partial charge in [-0.05, 0) is 62.8 Å². The van der Waals surface area contributed by atoms with Crippen LogP contribution in [0.1, 0.15) is 37.8 Å². The summed E-state index contributed by atoms with van der Waals surface area (Å²) >= 11 is 0. The molecule has 3 rings (SSSR count). The molecule has 1 heterocycles. The topological polar surface area (TPSA) is 49.4 Å². The molecule has 1 aromatic rings. The number of sulfonamides is 1. The molecule has 1 saturated heterocycles. The van der Waals surface area contributed by atoms with E-state index in [0.29, 0.717) is 10.9 Å². The standard InChI is InChI=1S/C16H24N2O2S/c1-12(2)18-9-8-15(11-18)17-21(19,20)16-7-6-13-4-3-5-14(13)10-16/h6-7,10,12,15,17H,3-5,8-9,11H2,1-2H3/t15-/m1/s1. The Bertz CT molecular complexity index is 625. The minimum absolute atomic E-state index is 0.0330. The normalized spacial score (nSPS) is 22.9. The minimum atomic E-state index is -3.39. The maximum absolute atomic E-state index is 12.5. The van der Waals surface area contributed by atoms with Crippen LogP contribution in [0.15, 0.2) is 23.1 Å². The van der Waals surface area contributed by atoms with Crippen molar-refractivity contribution in [2.45, 2.75) is 56.5 Å². The van der Waals surface area contributed by atoms with E-state index in [9.17, 15) is 8.42 Å². The Kier molecular flexibility index (Phi) is 4.08. The highest BCUT2D eigenvalue weighted by molar-refractivity contribution is 7.89. The van der Waals surface area contributed by atoms with Gasteiger partial charge in [-0.3, -0.25) is 4.90 Å². The van der Waals surface area contributed by atoms with E-state index < -0.39 is 10.0 Å². The zero-order valence-corrected chi connectivity index (χ0v) is 13.6. The van der Waals surface area contributed by atoms with Gasteiger partial charge in [0.05, 0.1) is 4.90 Å². The number of likely N-dealkylation sites (tertiary alicyclic amines) is 1. The first-order valence-electron chi connectivity index (χ1n) is 7.84. The van der Waals surface area contributed by atoms with Crippen LogP contribution in [0.4, 0.5) is 0 Å². The number of hydrogen-bond acceptors (Lipinski definition) is 3. The molecule has 1 N–H and O–H groups in total. The van der Waals surface area contributed by atoms with Gasteiger partial charge in [-0.15, -0.1) is 0 Å². The van der Waals surface area contributed by atoms with E-state index in [-0.39, 0.29) is 6.04 Å². The van der Waals surface area contributed by atoms with Crippen LogP contribution >= 0.6 is 0 Å². The van der Waals surface area contributed by atoms with Crippen LogP contribution in [0, 0.1) is 0 Å². The molecule has 0 bridgehead atoms. The fourth-order valence-electron chi connectivity index (χ4n) is 3.36. The lowest BCUT2D eigenvalue weighted by Gasteiger charge is -2.20. The lowest BCUT2D eigenvalue weighted by atomic mass is 10.1. The van der Waals surface area contributed by atoms with Gasteiger partial charge in [-0.2, -0.15) is 0 Å². The molecule has 1 aliphatic carbocycles. The van der Waals surface area contributed by atoms with E-state index in [4.69, 9.17) is 0 Å². The van der Waals surface area contributed by atoms with Crippen LogP contribution in [0.5, 0.6) is 0 Å². The van der Waals surface area contributed by atoms with E-state index in [2.05, 4.69) is 23.5 Å². The molecule has 1 fully saturated rings. The Hall–Kier alpha value is -0.910. The lowest BCUT2D eigenvalue weighted by molar-refractivity contribution is 0.271. The van der Waals surface area contributed by atoms with Crippen molar-refractivity contribution >= 4 is 10.0 Å². The molecular formula is C16H24N2O2S. The molecule has 0 unspecified atom stereocenters. The van der Waals surface area contributed by atoms with Gasteiger partial charge in [0.1, 0.15) is 0 Å². The van der Waals surface area contributed by atoms with Crippen molar-refractivity contribution in [3.63, 3.8) is 0 Å². The smallest absolute Gasteiger partial charge is 0.240 e. The van der Waals surface area contributed by atoms with Crippen molar-refractivity contribution in [2.24, 2.45) is 0 Å². The Morgan fingerprint density at radius 2 is 2.00 bits per heavy atom. The second-order valence-corrected chi connectivity index (χ2v) is 8.19. The summed E-state index contributed by atoms with van der Waals surface area (Å²) < 4.78 is 27.9. The second kappa shape index (κ2) is 5.71. The van der Waals surface area contributed by atoms with Gasteiger partial charge in [0.2, 0.25) is 10.0 Å². The molecule has 0 saturated carbocycles. The van der Waals surface area contributed by atoms with E-state index in [0.717, 1.165) is 38.8 Å². The SMILES string of the molecule is CC(C)N1CC[C@@H](NS(=O)(=O)c2ccc3c(c2)CCC3)C1. The summed E-state index contributed by atoms with van der Waals surface area (Å²) in [7, 11) is -3.39. The van der Waals surface area contributed by atoms with E-state index in [1.54, 1.807) is 6.07 Å². The zero-order valence-electron chi connectivity index (χ0n) is 12.8. The summed E-state index contributed by atoms with van der Waals surface area (Å²) in [5.41, 5.74) is 2.51. The molecule has 5 heteroatoms. The van der Waals surface area contributed by atoms with Crippen LogP contribution in [0.25, 0.3) is 0 Å². The first kappa shape index (κ1) is 15.0. The fourth-order valence-corrected chi connectivity index (χ4v) is 4.67. The van der Waals surface area contributed by atoms with Gasteiger partial charge in [0.15, 0.2) is 0 Å². The Morgan fingerprint density at radius 1 is 1.24 bits per heavy atom. The lowest BCUT2D eigenvalue weighted by Crippen LogP contribution is -2.38. The number of benzene rings is 1. The first-order chi connectivity index (χ1) is 9.95. The number of rotatable bonds is 4. The summed E-state index contributed by atoms with van der Waals surface area (Å²) in [5.74, 6) is 0. The molecule has 0 aromatic heterocycles. The zero-order chi connectivity index (χ0) is 15.0. The predicted octanol–water partition coefficient (Wildman–Crippen LogP) is 1.94. The van der Waals surface area contributed by atoms with Gasteiger partial charge >= 0.3 is 0 Å². The molecule has 0 spiro atoms. The summed E-state index contributed by atoms with van der Waals surface area (Å²) in [6.07, 6.45) is 4.11. The van der Waals surface area contributed by atoms with Crippen molar-refractivity contribution in [3.8, 4) is 0 Å². The van der Waals surface area contributed by atoms with Crippen LogP contribution in [-0.2, 0) is 22.9 Å². The second-order valence-electron chi connectivity index (χ2n) is 6.48. The quantitative estimate of drug-likeness (QED) is 0.925. The molecule has 116 valence electrons. The van der Waals surface area contributed by atoms with E-state index >= 15 is 0 Å². The maximum Gasteiger partial charge on any atom is 0.240 e. The molecule has 0 radical (unpaired) electrons. The van der Waals surface area contributed by atoms with Crippen LogP contribution in [0.2, 0.25) is 0 Å². The van der Waals surface area contributed by atoms with Gasteiger partial charge in [0, 0.05) is 25.2 Å². The Morgan fingerprint density at radius 3 is 2.71 bits per heavy atom. The van der Waals surface area contributed by atoms with Crippen molar-refractivity contribution in [1.82, 2.24) is 9.62 Å². The highest BCUT2D eigenvalue weighted by Gasteiger charge is 2.28. The number of hydrogen-bond donors (Lipinski definition) is 1. The number of nitrogens with zero attached hydrogens (tertiary/aromatic N) is 1. The van der Waals surface area contributed by atoms with Crippen molar-refractivity contribution in [1.29, 1.82) is 0 Å². The molecule has 0 amide bonds. The largest absolute Gasteiger partial charge is 0.299 e. The van der Waals surface area contributed by atoms with Crippen LogP contribution in [-0.4, -0.2) is 38.5 Å². The molecule has 4 nitrogen and oxygen atoms in total. The van der Waals surface area contributed by atoms with Crippen LogP contribution < -0.4 is 4.72 Å². The molecule has 1 atom stereocenters. The van der Waals surface area contributed by atoms with Crippen molar-refractivity contribution < 1.29 is 8.42 Å². The van der Waals surface area contributed by atoms with Crippen molar-refractivity contribution in [3.05, 3.63) is 29.3 Å². The van der Waals surface area contributed by atoms with Crippen molar-refractivity contribution in [2.75, 3.05) is 13.1 Å². The van der Waals surface area contributed by atoms with Gasteiger partial charge in [-0.1, -0.05) is 6.07 Å². The Labute approximate surface area is 127 Å². The van der Waals surface area contributed by atoms with Gasteiger partial charge in [-0.25, -0.2) is 13.1 Å². The summed E-state index contributed by atoms with van der Waals surface area (Å²) in [6, 6.07) is 6.10. The molecular weight excluding hydrogens is 284 g/mol. The molecule has 1 aliphatic heterocycles. The van der Waals surface area contributed by atoms with Gasteiger partial charge < -0.3 is 0 Å². The third-order valence-corrected chi connectivity index (χ3v) is 6.17. The monoisotopic (exact) mass is 308 g/mol. The molecule has 1 aromatic carbocycles. The molecule has 2 aliphatic rings. The highest BCUT2D eigenvalue weighted by Crippen LogP contribution is 2.25. The van der Waals surface area contributed by atoms with Gasteiger partial charge in [0.25, 0.3) is 0 Å². The summed E-state index contributed by atoms with van der Waals surface area (Å²) in [5, 5.41) is 0. The number of fused-ring (bicyclic) bond motifs is 1. The van der Waals surface area contributed by atoms with Crippen LogP contribution in [0.3, 0.4) is 0 Å². The third-order valence-electron chi connectivity index (χ3n) is 4.65. The summed E-state index contributed by atoms with van der Waals surface area (Å²) in [6.45, 7) is 6.08. The fraction of sp³-hybridized carbons (Fsp3) is 0.625. The third kappa shape index (κ3) is 3.15.